The lowest BCUT2D eigenvalue weighted by Gasteiger charge is -2.04. The number of aryl methyl sites for hydroxylation is 1. The van der Waals surface area contributed by atoms with E-state index < -0.39 is 0 Å². The molecule has 3 aromatic rings. The molecule has 4 heteroatoms. The highest BCUT2D eigenvalue weighted by molar-refractivity contribution is 5.95. The summed E-state index contributed by atoms with van der Waals surface area (Å²) in [6, 6.07) is 15.9. The van der Waals surface area contributed by atoms with E-state index in [1.54, 1.807) is 18.3 Å². The number of allylic oxidation sites excluding steroid dienone is 2. The van der Waals surface area contributed by atoms with Crippen molar-refractivity contribution in [2.75, 3.05) is 5.73 Å². The molecule has 0 spiro atoms. The smallest absolute Gasteiger partial charge is 0.160 e. The van der Waals surface area contributed by atoms with E-state index in [-0.39, 0.29) is 5.78 Å². The molecule has 0 aliphatic carbocycles. The maximum absolute atomic E-state index is 12.2. The van der Waals surface area contributed by atoms with Crippen molar-refractivity contribution in [3.63, 3.8) is 0 Å². The monoisotopic (exact) mass is 357 g/mol. The lowest BCUT2D eigenvalue weighted by molar-refractivity contribution is -0.113. The first kappa shape index (κ1) is 18.4. The molecule has 0 radical (unpaired) electrons. The minimum Gasteiger partial charge on any atom is -0.398 e. The highest BCUT2D eigenvalue weighted by Crippen LogP contribution is 2.15. The highest BCUT2D eigenvalue weighted by Gasteiger charge is 2.04. The van der Waals surface area contributed by atoms with Gasteiger partial charge in [0, 0.05) is 23.9 Å². The van der Waals surface area contributed by atoms with E-state index >= 15 is 0 Å². The van der Waals surface area contributed by atoms with Crippen molar-refractivity contribution in [3.8, 4) is 0 Å². The van der Waals surface area contributed by atoms with Crippen LogP contribution in [0.1, 0.15) is 22.3 Å². The standard InChI is InChI=1S/C23H23N3O/c1-18-9-11-21(23(24)14-18)15-22(27)12-10-20-16-25-26(17-20)13-5-8-19-6-3-2-4-7-19/h2-12,14,16-17H,13,15,24H2,1H3/b8-5+,12-10+. The highest BCUT2D eigenvalue weighted by atomic mass is 16.1. The molecule has 2 aromatic carbocycles. The van der Waals surface area contributed by atoms with Gasteiger partial charge in [-0.15, -0.1) is 0 Å². The van der Waals surface area contributed by atoms with E-state index in [2.05, 4.69) is 29.4 Å². The molecule has 4 nitrogen and oxygen atoms in total. The molecule has 0 aliphatic heterocycles. The molecule has 0 aliphatic rings. The van der Waals surface area contributed by atoms with Crippen molar-refractivity contribution in [3.05, 3.63) is 95.3 Å². The Morgan fingerprint density at radius 3 is 2.70 bits per heavy atom. The van der Waals surface area contributed by atoms with Crippen LogP contribution in [0.4, 0.5) is 5.69 Å². The lowest BCUT2D eigenvalue weighted by Crippen LogP contribution is -2.02. The Kier molecular flexibility index (Phi) is 6.00. The number of carbonyl (C=O) groups excluding carboxylic acids is 1. The average molecular weight is 357 g/mol. The van der Waals surface area contributed by atoms with Crippen molar-refractivity contribution in [1.29, 1.82) is 0 Å². The van der Waals surface area contributed by atoms with Crippen LogP contribution in [0.3, 0.4) is 0 Å². The summed E-state index contributed by atoms with van der Waals surface area (Å²) in [6.45, 7) is 2.66. The fourth-order valence-electron chi connectivity index (χ4n) is 2.74. The Morgan fingerprint density at radius 2 is 1.93 bits per heavy atom. The fourth-order valence-corrected chi connectivity index (χ4v) is 2.74. The summed E-state index contributed by atoms with van der Waals surface area (Å²) in [5, 5.41) is 4.32. The van der Waals surface area contributed by atoms with Crippen molar-refractivity contribution >= 4 is 23.6 Å². The summed E-state index contributed by atoms with van der Waals surface area (Å²) in [4.78, 5) is 12.2. The van der Waals surface area contributed by atoms with Crippen LogP contribution in [-0.2, 0) is 17.8 Å². The predicted molar refractivity (Wildman–Crippen MR) is 111 cm³/mol. The van der Waals surface area contributed by atoms with Crippen molar-refractivity contribution in [1.82, 2.24) is 9.78 Å². The van der Waals surface area contributed by atoms with Gasteiger partial charge in [0.05, 0.1) is 12.7 Å². The number of nitrogen functional groups attached to an aromatic ring is 1. The molecule has 0 bridgehead atoms. The van der Waals surface area contributed by atoms with Crippen LogP contribution in [0.25, 0.3) is 12.2 Å². The van der Waals surface area contributed by atoms with E-state index in [1.807, 2.05) is 54.2 Å². The van der Waals surface area contributed by atoms with Crippen molar-refractivity contribution in [2.24, 2.45) is 0 Å². The number of ketones is 1. The van der Waals surface area contributed by atoms with Gasteiger partial charge in [-0.05, 0) is 41.8 Å². The second-order valence-corrected chi connectivity index (χ2v) is 6.49. The zero-order valence-electron chi connectivity index (χ0n) is 15.4. The SMILES string of the molecule is Cc1ccc(CC(=O)/C=C/c2cnn(C/C=C/c3ccccc3)c2)c(N)c1. The van der Waals surface area contributed by atoms with Gasteiger partial charge in [-0.2, -0.15) is 5.10 Å². The first-order valence-corrected chi connectivity index (χ1v) is 8.90. The van der Waals surface area contributed by atoms with Gasteiger partial charge in [0.15, 0.2) is 5.78 Å². The zero-order valence-corrected chi connectivity index (χ0v) is 15.4. The molecular weight excluding hydrogens is 334 g/mol. The van der Waals surface area contributed by atoms with Crippen LogP contribution in [0.5, 0.6) is 0 Å². The van der Waals surface area contributed by atoms with E-state index in [0.717, 1.165) is 22.3 Å². The number of nitrogens with zero attached hydrogens (tertiary/aromatic N) is 2. The topological polar surface area (TPSA) is 60.9 Å². The number of carbonyl (C=O) groups is 1. The summed E-state index contributed by atoms with van der Waals surface area (Å²) in [5.41, 5.74) is 10.6. The third kappa shape index (κ3) is 5.54. The number of hydrogen-bond acceptors (Lipinski definition) is 3. The van der Waals surface area contributed by atoms with Crippen LogP contribution in [-0.4, -0.2) is 15.6 Å². The maximum atomic E-state index is 12.2. The van der Waals surface area contributed by atoms with Gasteiger partial charge in [0.1, 0.15) is 0 Å². The van der Waals surface area contributed by atoms with Gasteiger partial charge in [-0.3, -0.25) is 9.48 Å². The molecule has 2 N–H and O–H groups in total. The van der Waals surface area contributed by atoms with Crippen molar-refractivity contribution in [2.45, 2.75) is 19.9 Å². The second-order valence-electron chi connectivity index (χ2n) is 6.49. The van der Waals surface area contributed by atoms with E-state index in [4.69, 9.17) is 5.73 Å². The normalized spacial score (nSPS) is 11.4. The summed E-state index contributed by atoms with van der Waals surface area (Å²) >= 11 is 0. The summed E-state index contributed by atoms with van der Waals surface area (Å²) in [7, 11) is 0. The van der Waals surface area contributed by atoms with E-state index in [9.17, 15) is 4.79 Å². The number of anilines is 1. The third-order valence-electron chi connectivity index (χ3n) is 4.18. The van der Waals surface area contributed by atoms with Gasteiger partial charge < -0.3 is 5.73 Å². The van der Waals surface area contributed by atoms with E-state index in [1.165, 1.54) is 0 Å². The summed E-state index contributed by atoms with van der Waals surface area (Å²) in [6.07, 6.45) is 11.5. The molecule has 0 saturated carbocycles. The average Bonchev–Trinajstić information content (AvgIpc) is 3.11. The third-order valence-corrected chi connectivity index (χ3v) is 4.18. The largest absolute Gasteiger partial charge is 0.398 e. The molecule has 136 valence electrons. The Morgan fingerprint density at radius 1 is 1.11 bits per heavy atom. The molecule has 0 atom stereocenters. The van der Waals surface area contributed by atoms with Gasteiger partial charge in [0.2, 0.25) is 0 Å². The Hall–Kier alpha value is -3.40. The quantitative estimate of drug-likeness (QED) is 0.506. The molecule has 0 fully saturated rings. The van der Waals surface area contributed by atoms with Gasteiger partial charge in [-0.1, -0.05) is 54.6 Å². The second kappa shape index (κ2) is 8.81. The first-order valence-electron chi connectivity index (χ1n) is 8.90. The maximum Gasteiger partial charge on any atom is 0.160 e. The fraction of sp³-hybridized carbons (Fsp3) is 0.130. The van der Waals surface area contributed by atoms with Gasteiger partial charge >= 0.3 is 0 Å². The first-order chi connectivity index (χ1) is 13.1. The molecule has 0 amide bonds. The molecule has 1 aromatic heterocycles. The van der Waals surface area contributed by atoms with Crippen LogP contribution in [0.2, 0.25) is 0 Å². The predicted octanol–water partition coefficient (Wildman–Crippen LogP) is 4.31. The van der Waals surface area contributed by atoms with Crippen LogP contribution >= 0.6 is 0 Å². The molecular formula is C23H23N3O. The lowest BCUT2D eigenvalue weighted by atomic mass is 10.0. The van der Waals surface area contributed by atoms with Gasteiger partial charge in [0.25, 0.3) is 0 Å². The number of benzene rings is 2. The zero-order chi connectivity index (χ0) is 19.1. The van der Waals surface area contributed by atoms with Crippen LogP contribution in [0, 0.1) is 6.92 Å². The summed E-state index contributed by atoms with van der Waals surface area (Å²) < 4.78 is 1.83. The van der Waals surface area contributed by atoms with Crippen LogP contribution < -0.4 is 5.73 Å². The minimum absolute atomic E-state index is 0.0160. The van der Waals surface area contributed by atoms with Crippen LogP contribution in [0.15, 0.2) is 73.1 Å². The Balaban J connectivity index is 1.55. The number of hydrogen-bond donors (Lipinski definition) is 1. The Labute approximate surface area is 159 Å². The van der Waals surface area contributed by atoms with Crippen molar-refractivity contribution < 1.29 is 4.79 Å². The molecule has 0 unspecified atom stereocenters. The van der Waals surface area contributed by atoms with E-state index in [0.29, 0.717) is 18.7 Å². The number of nitrogens with two attached hydrogens (primary N) is 1. The molecule has 0 saturated heterocycles. The number of rotatable bonds is 7. The number of aromatic nitrogens is 2. The Bertz CT molecular complexity index is 968. The molecule has 27 heavy (non-hydrogen) atoms. The minimum atomic E-state index is 0.0160. The summed E-state index contributed by atoms with van der Waals surface area (Å²) in [5.74, 6) is 0.0160. The molecule has 3 rings (SSSR count). The molecule has 1 heterocycles. The van der Waals surface area contributed by atoms with Gasteiger partial charge in [-0.25, -0.2) is 0 Å².